The minimum Gasteiger partial charge on any atom is -0.467 e. The number of alkyl halides is 6. The molecule has 0 saturated carbocycles. The van der Waals surface area contributed by atoms with Crippen LogP contribution in [0.1, 0.15) is 22.0 Å². The van der Waals surface area contributed by atoms with E-state index in [4.69, 9.17) is 9.68 Å². The first kappa shape index (κ1) is 17.5. The number of carbonyl (C=O) groups excluding carboxylic acids is 2. The van der Waals surface area contributed by atoms with Gasteiger partial charge in [0, 0.05) is 11.1 Å². The quantitative estimate of drug-likeness (QED) is 0.623. The second-order valence-corrected chi connectivity index (χ2v) is 4.65. The van der Waals surface area contributed by atoms with Crippen LogP contribution >= 0.6 is 0 Å². The Morgan fingerprint density at radius 1 is 1.08 bits per heavy atom. The summed E-state index contributed by atoms with van der Waals surface area (Å²) in [6.45, 7) is 0. The Morgan fingerprint density at radius 2 is 1.71 bits per heavy atom. The fraction of sp³-hybridized carbons (Fsp3) is 0.214. The van der Waals surface area contributed by atoms with Crippen LogP contribution in [0.25, 0.3) is 11.1 Å². The fourth-order valence-corrected chi connectivity index (χ4v) is 2.00. The van der Waals surface area contributed by atoms with Gasteiger partial charge in [-0.3, -0.25) is 9.59 Å². The summed E-state index contributed by atoms with van der Waals surface area (Å²) in [5, 5.41) is 8.75. The highest BCUT2D eigenvalue weighted by Gasteiger charge is 2.46. The Kier molecular flexibility index (Phi) is 4.14. The Morgan fingerprint density at radius 3 is 2.21 bits per heavy atom. The minimum atomic E-state index is -5.28. The molecular formula is C14H5F6NO3. The highest BCUT2D eigenvalue weighted by molar-refractivity contribution is 6.06. The third-order valence-corrected chi connectivity index (χ3v) is 3.10. The molecule has 1 aliphatic heterocycles. The number of ketones is 2. The van der Waals surface area contributed by atoms with Gasteiger partial charge in [0.05, 0.1) is 12.3 Å². The Hall–Kier alpha value is -2.83. The van der Waals surface area contributed by atoms with E-state index in [1.54, 1.807) is 0 Å². The normalized spacial score (nSPS) is 13.5. The van der Waals surface area contributed by atoms with Crippen LogP contribution in [-0.4, -0.2) is 23.9 Å². The molecule has 1 atom stereocenters. The zero-order valence-electron chi connectivity index (χ0n) is 11.3. The van der Waals surface area contributed by atoms with Crippen molar-refractivity contribution in [1.82, 2.24) is 0 Å². The van der Waals surface area contributed by atoms with E-state index >= 15 is 0 Å². The third-order valence-electron chi connectivity index (χ3n) is 3.10. The number of nitrogens with zero attached hydrogens (tertiary/aromatic N) is 1. The van der Waals surface area contributed by atoms with Crippen LogP contribution in [0.4, 0.5) is 26.3 Å². The highest BCUT2D eigenvalue weighted by Crippen LogP contribution is 2.36. The molecule has 1 unspecified atom stereocenters. The number of fused-ring (bicyclic) bond motifs is 1. The summed E-state index contributed by atoms with van der Waals surface area (Å²) in [4.78, 5) is 22.4. The van der Waals surface area contributed by atoms with Gasteiger partial charge in [-0.05, 0) is 17.7 Å². The van der Waals surface area contributed by atoms with Crippen molar-refractivity contribution in [2.45, 2.75) is 18.3 Å². The van der Waals surface area contributed by atoms with Crippen molar-refractivity contribution < 1.29 is 40.3 Å². The lowest BCUT2D eigenvalue weighted by Crippen LogP contribution is -2.28. The topological polar surface area (TPSA) is 71.1 Å². The average Bonchev–Trinajstić information content (AvgIpc) is 2.88. The highest BCUT2D eigenvalue weighted by atomic mass is 19.4. The van der Waals surface area contributed by atoms with Gasteiger partial charge in [0.25, 0.3) is 11.6 Å². The lowest BCUT2D eigenvalue weighted by atomic mass is 9.99. The van der Waals surface area contributed by atoms with Gasteiger partial charge in [0.2, 0.25) is 0 Å². The van der Waals surface area contributed by atoms with Crippen molar-refractivity contribution in [3.05, 3.63) is 35.8 Å². The molecule has 0 spiro atoms. The van der Waals surface area contributed by atoms with Gasteiger partial charge < -0.3 is 4.42 Å². The number of halogens is 6. The van der Waals surface area contributed by atoms with Gasteiger partial charge in [-0.25, -0.2) is 0 Å². The molecule has 10 heteroatoms. The van der Waals surface area contributed by atoms with Gasteiger partial charge in [-0.15, -0.1) is 0 Å². The van der Waals surface area contributed by atoms with Crippen LogP contribution in [0.2, 0.25) is 0 Å². The summed E-state index contributed by atoms with van der Waals surface area (Å²) in [7, 11) is 0. The van der Waals surface area contributed by atoms with Crippen LogP contribution < -0.4 is 0 Å². The van der Waals surface area contributed by atoms with Crippen molar-refractivity contribution in [2.24, 2.45) is 0 Å². The molecule has 0 radical (unpaired) electrons. The molecule has 24 heavy (non-hydrogen) atoms. The molecule has 2 aliphatic rings. The van der Waals surface area contributed by atoms with Crippen molar-refractivity contribution in [3.63, 3.8) is 0 Å². The van der Waals surface area contributed by atoms with Crippen LogP contribution in [0.5, 0.6) is 0 Å². The molecule has 0 saturated heterocycles. The number of hydrogen-bond donors (Lipinski definition) is 0. The van der Waals surface area contributed by atoms with E-state index in [0.29, 0.717) is 6.26 Å². The molecule has 1 aliphatic carbocycles. The average molecular weight is 349 g/mol. The van der Waals surface area contributed by atoms with Crippen LogP contribution in [0, 0.1) is 11.3 Å². The first-order valence-corrected chi connectivity index (χ1v) is 6.10. The number of carbonyl (C=O) groups is 2. The standard InChI is InChI=1S/C14H5F6NO3/c15-13(16,17)11(22)7-2-1-6-3-10(24-5-9(6)7)8(4-21)12(23)14(18,19)20/h1-3,5,8H. The van der Waals surface area contributed by atoms with E-state index in [1.807, 2.05) is 0 Å². The van der Waals surface area contributed by atoms with E-state index in [-0.39, 0.29) is 11.1 Å². The van der Waals surface area contributed by atoms with E-state index in [1.165, 1.54) is 0 Å². The van der Waals surface area contributed by atoms with Gasteiger partial charge in [-0.1, -0.05) is 6.07 Å². The minimum absolute atomic E-state index is 0.0703. The molecule has 4 nitrogen and oxygen atoms in total. The third kappa shape index (κ3) is 3.10. The maximum Gasteiger partial charge on any atom is 0.454 e. The molecule has 0 aromatic carbocycles. The van der Waals surface area contributed by atoms with E-state index in [2.05, 4.69) is 0 Å². The predicted octanol–water partition coefficient (Wildman–Crippen LogP) is 3.87. The number of nitriles is 1. The molecule has 0 fully saturated rings. The Labute approximate surface area is 129 Å². The molecule has 0 aromatic rings. The van der Waals surface area contributed by atoms with E-state index in [9.17, 15) is 35.9 Å². The van der Waals surface area contributed by atoms with E-state index in [0.717, 1.165) is 24.3 Å². The second kappa shape index (κ2) is 5.67. The zero-order valence-corrected chi connectivity index (χ0v) is 11.3. The molecule has 0 amide bonds. The summed E-state index contributed by atoms with van der Waals surface area (Å²) in [6.07, 6.45) is -9.81. The monoisotopic (exact) mass is 349 g/mol. The first-order chi connectivity index (χ1) is 11.0. The molecular weight excluding hydrogens is 344 g/mol. The first-order valence-electron chi connectivity index (χ1n) is 6.10. The SMILES string of the molecule is N#CC(C(=O)C(F)(F)F)c1cc2ccc(C(=O)C(F)(F)F)c-2co1. The smallest absolute Gasteiger partial charge is 0.454 e. The molecule has 0 aromatic heterocycles. The van der Waals surface area contributed by atoms with Gasteiger partial charge in [-0.2, -0.15) is 31.6 Å². The lowest BCUT2D eigenvalue weighted by Gasteiger charge is -2.12. The predicted molar refractivity (Wildman–Crippen MR) is 65.1 cm³/mol. The second-order valence-electron chi connectivity index (χ2n) is 4.65. The summed E-state index contributed by atoms with van der Waals surface area (Å²) in [6, 6.07) is 3.82. The summed E-state index contributed by atoms with van der Waals surface area (Å²) in [5.74, 6) is -7.51. The number of hydrogen-bond acceptors (Lipinski definition) is 4. The van der Waals surface area contributed by atoms with Crippen LogP contribution in [0.15, 0.2) is 28.9 Å². The van der Waals surface area contributed by atoms with Gasteiger partial charge >= 0.3 is 12.4 Å². The lowest BCUT2D eigenvalue weighted by molar-refractivity contribution is -0.171. The zero-order chi connectivity index (χ0) is 18.3. The fourth-order valence-electron chi connectivity index (χ4n) is 2.00. The molecule has 0 N–H and O–H groups in total. The summed E-state index contributed by atoms with van der Waals surface area (Å²) >= 11 is 0. The summed E-state index contributed by atoms with van der Waals surface area (Å²) in [5.41, 5.74) is -1.11. The van der Waals surface area contributed by atoms with Crippen molar-refractivity contribution in [2.75, 3.05) is 0 Å². The van der Waals surface area contributed by atoms with Gasteiger partial charge in [0.15, 0.2) is 5.92 Å². The van der Waals surface area contributed by atoms with Gasteiger partial charge in [0.1, 0.15) is 5.76 Å². The molecule has 126 valence electrons. The van der Waals surface area contributed by atoms with Crippen molar-refractivity contribution in [3.8, 4) is 17.2 Å². The maximum atomic E-state index is 12.4. The number of rotatable bonds is 3. The van der Waals surface area contributed by atoms with Crippen LogP contribution in [0.3, 0.4) is 0 Å². The van der Waals surface area contributed by atoms with Crippen LogP contribution in [-0.2, 0) is 4.79 Å². The molecule has 0 bridgehead atoms. The van der Waals surface area contributed by atoms with E-state index < -0.39 is 41.2 Å². The van der Waals surface area contributed by atoms with Crippen molar-refractivity contribution >= 4 is 11.6 Å². The van der Waals surface area contributed by atoms with Crippen molar-refractivity contribution in [1.29, 1.82) is 5.26 Å². The molecule has 2 rings (SSSR count). The Balaban J connectivity index is 2.47. The summed E-state index contributed by atoms with van der Waals surface area (Å²) < 4.78 is 79.3. The Bertz CT molecular complexity index is 811. The number of Topliss-reactive ketones (excluding diaryl/α,β-unsaturated/α-hetero) is 2. The maximum absolute atomic E-state index is 12.4. The molecule has 1 heterocycles. The largest absolute Gasteiger partial charge is 0.467 e.